The van der Waals surface area contributed by atoms with Gasteiger partial charge in [-0.25, -0.2) is 8.78 Å². The minimum absolute atomic E-state index is 0.280. The van der Waals surface area contributed by atoms with Crippen molar-refractivity contribution in [3.05, 3.63) is 53.4 Å². The van der Waals surface area contributed by atoms with Gasteiger partial charge in [-0.3, -0.25) is 5.10 Å². The Hall–Kier alpha value is -1.75. The standard InChI is InChI=1S/C11H11F2N3/c12-9-1-2-11(13)8(5-9)6-14-7-10-3-4-15-16-10/h1-5,14H,6-7H2,(H,15,16). The lowest BCUT2D eigenvalue weighted by Crippen LogP contribution is -2.14. The van der Waals surface area contributed by atoms with Crippen LogP contribution >= 0.6 is 0 Å². The van der Waals surface area contributed by atoms with Crippen LogP contribution in [-0.2, 0) is 13.1 Å². The summed E-state index contributed by atoms with van der Waals surface area (Å²) in [5, 5.41) is 9.54. The fourth-order valence-electron chi connectivity index (χ4n) is 1.39. The molecule has 1 aromatic carbocycles. The van der Waals surface area contributed by atoms with Gasteiger partial charge in [0, 0.05) is 30.5 Å². The van der Waals surface area contributed by atoms with E-state index in [9.17, 15) is 8.78 Å². The quantitative estimate of drug-likeness (QED) is 0.832. The lowest BCUT2D eigenvalue weighted by atomic mass is 10.2. The molecule has 0 saturated carbocycles. The SMILES string of the molecule is Fc1ccc(F)c(CNCc2ccn[nH]2)c1. The summed E-state index contributed by atoms with van der Waals surface area (Å²) >= 11 is 0. The van der Waals surface area contributed by atoms with Crippen molar-refractivity contribution in [2.24, 2.45) is 0 Å². The average Bonchev–Trinajstić information content (AvgIpc) is 2.76. The van der Waals surface area contributed by atoms with Gasteiger partial charge in [-0.2, -0.15) is 5.10 Å². The Bertz CT molecular complexity index is 454. The maximum atomic E-state index is 13.2. The number of nitrogens with zero attached hydrogens (tertiary/aromatic N) is 1. The summed E-state index contributed by atoms with van der Waals surface area (Å²) in [6.45, 7) is 0.818. The second-order valence-electron chi connectivity index (χ2n) is 3.42. The van der Waals surface area contributed by atoms with Gasteiger partial charge < -0.3 is 5.32 Å². The van der Waals surface area contributed by atoms with Gasteiger partial charge in [0.2, 0.25) is 0 Å². The molecule has 2 aromatic rings. The number of benzene rings is 1. The van der Waals surface area contributed by atoms with Gasteiger partial charge in [0.05, 0.1) is 0 Å². The first-order valence-corrected chi connectivity index (χ1v) is 4.88. The average molecular weight is 223 g/mol. The van der Waals surface area contributed by atoms with Gasteiger partial charge in [0.25, 0.3) is 0 Å². The van der Waals surface area contributed by atoms with Crippen LogP contribution in [0, 0.1) is 11.6 Å². The first-order chi connectivity index (χ1) is 7.75. The Morgan fingerprint density at radius 1 is 1.19 bits per heavy atom. The Balaban J connectivity index is 1.92. The molecular weight excluding hydrogens is 212 g/mol. The molecule has 0 saturated heterocycles. The Morgan fingerprint density at radius 2 is 2.06 bits per heavy atom. The first-order valence-electron chi connectivity index (χ1n) is 4.88. The van der Waals surface area contributed by atoms with Crippen molar-refractivity contribution in [2.75, 3.05) is 0 Å². The molecule has 3 nitrogen and oxygen atoms in total. The van der Waals surface area contributed by atoms with Crippen LogP contribution in [0.1, 0.15) is 11.3 Å². The molecule has 16 heavy (non-hydrogen) atoms. The van der Waals surface area contributed by atoms with E-state index in [1.807, 2.05) is 6.07 Å². The summed E-state index contributed by atoms with van der Waals surface area (Å²) in [5.41, 5.74) is 1.22. The zero-order chi connectivity index (χ0) is 11.4. The van der Waals surface area contributed by atoms with Gasteiger partial charge in [-0.05, 0) is 24.3 Å². The van der Waals surface area contributed by atoms with Crippen molar-refractivity contribution in [1.82, 2.24) is 15.5 Å². The summed E-state index contributed by atoms with van der Waals surface area (Å²) in [4.78, 5) is 0. The third kappa shape index (κ3) is 2.64. The zero-order valence-electron chi connectivity index (χ0n) is 8.50. The van der Waals surface area contributed by atoms with Crippen molar-refractivity contribution in [1.29, 1.82) is 0 Å². The highest BCUT2D eigenvalue weighted by Crippen LogP contribution is 2.09. The number of hydrogen-bond acceptors (Lipinski definition) is 2. The minimum atomic E-state index is -0.431. The van der Waals surface area contributed by atoms with Crippen LogP contribution in [0.5, 0.6) is 0 Å². The van der Waals surface area contributed by atoms with E-state index in [0.717, 1.165) is 17.8 Å². The van der Waals surface area contributed by atoms with E-state index in [1.54, 1.807) is 6.20 Å². The van der Waals surface area contributed by atoms with Crippen molar-refractivity contribution in [3.63, 3.8) is 0 Å². The number of aromatic amines is 1. The van der Waals surface area contributed by atoms with Gasteiger partial charge >= 0.3 is 0 Å². The Labute approximate surface area is 91.5 Å². The molecule has 1 heterocycles. The van der Waals surface area contributed by atoms with E-state index in [-0.39, 0.29) is 6.54 Å². The molecule has 0 amide bonds. The molecule has 0 radical (unpaired) electrons. The smallest absolute Gasteiger partial charge is 0.127 e. The van der Waals surface area contributed by atoms with Crippen LogP contribution in [0.15, 0.2) is 30.5 Å². The molecule has 2 N–H and O–H groups in total. The lowest BCUT2D eigenvalue weighted by molar-refractivity contribution is 0.567. The number of H-pyrrole nitrogens is 1. The Kier molecular flexibility index (Phi) is 3.26. The van der Waals surface area contributed by atoms with Crippen LogP contribution < -0.4 is 5.32 Å². The molecule has 0 aliphatic heterocycles. The molecular formula is C11H11F2N3. The highest BCUT2D eigenvalue weighted by Gasteiger charge is 2.03. The second-order valence-corrected chi connectivity index (χ2v) is 3.42. The molecule has 0 fully saturated rings. The number of nitrogens with one attached hydrogen (secondary N) is 2. The number of aromatic nitrogens is 2. The van der Waals surface area contributed by atoms with E-state index < -0.39 is 11.6 Å². The Morgan fingerprint density at radius 3 is 2.81 bits per heavy atom. The van der Waals surface area contributed by atoms with E-state index in [4.69, 9.17) is 0 Å². The van der Waals surface area contributed by atoms with Crippen molar-refractivity contribution in [2.45, 2.75) is 13.1 Å². The largest absolute Gasteiger partial charge is 0.307 e. The summed E-state index contributed by atoms with van der Waals surface area (Å²) in [6, 6.07) is 5.24. The van der Waals surface area contributed by atoms with Gasteiger partial charge in [-0.15, -0.1) is 0 Å². The van der Waals surface area contributed by atoms with Crippen LogP contribution in [0.25, 0.3) is 0 Å². The predicted molar refractivity (Wildman–Crippen MR) is 55.5 cm³/mol. The van der Waals surface area contributed by atoms with Crippen molar-refractivity contribution in [3.8, 4) is 0 Å². The first kappa shape index (κ1) is 10.8. The van der Waals surface area contributed by atoms with Crippen LogP contribution in [0.2, 0.25) is 0 Å². The van der Waals surface area contributed by atoms with Crippen LogP contribution in [-0.4, -0.2) is 10.2 Å². The van der Waals surface area contributed by atoms with E-state index in [2.05, 4.69) is 15.5 Å². The predicted octanol–water partition coefficient (Wildman–Crippen LogP) is 1.98. The second kappa shape index (κ2) is 4.85. The minimum Gasteiger partial charge on any atom is -0.307 e. The monoisotopic (exact) mass is 223 g/mol. The third-order valence-corrected chi connectivity index (χ3v) is 2.20. The molecule has 0 aliphatic carbocycles. The third-order valence-electron chi connectivity index (χ3n) is 2.20. The molecule has 0 atom stereocenters. The van der Waals surface area contributed by atoms with Crippen LogP contribution in [0.3, 0.4) is 0 Å². The number of hydrogen-bond donors (Lipinski definition) is 2. The number of rotatable bonds is 4. The van der Waals surface area contributed by atoms with E-state index in [0.29, 0.717) is 12.1 Å². The molecule has 0 aliphatic rings. The fourth-order valence-corrected chi connectivity index (χ4v) is 1.39. The maximum Gasteiger partial charge on any atom is 0.127 e. The molecule has 1 aromatic heterocycles. The summed E-state index contributed by atoms with van der Waals surface area (Å²) in [5.74, 6) is -0.835. The lowest BCUT2D eigenvalue weighted by Gasteiger charge is -2.04. The highest BCUT2D eigenvalue weighted by molar-refractivity contribution is 5.18. The molecule has 0 bridgehead atoms. The van der Waals surface area contributed by atoms with Gasteiger partial charge in [0.15, 0.2) is 0 Å². The normalized spacial score (nSPS) is 10.6. The fraction of sp³-hybridized carbons (Fsp3) is 0.182. The number of halogens is 2. The summed E-state index contributed by atoms with van der Waals surface area (Å²) in [7, 11) is 0. The molecule has 5 heteroatoms. The van der Waals surface area contributed by atoms with E-state index in [1.165, 1.54) is 6.07 Å². The molecule has 0 unspecified atom stereocenters. The van der Waals surface area contributed by atoms with Gasteiger partial charge in [-0.1, -0.05) is 0 Å². The van der Waals surface area contributed by atoms with Crippen molar-refractivity contribution >= 4 is 0 Å². The zero-order valence-corrected chi connectivity index (χ0v) is 8.50. The molecule has 2 rings (SSSR count). The molecule has 0 spiro atoms. The summed E-state index contributed by atoms with van der Waals surface area (Å²) < 4.78 is 26.0. The van der Waals surface area contributed by atoms with E-state index >= 15 is 0 Å². The summed E-state index contributed by atoms with van der Waals surface area (Å²) in [6.07, 6.45) is 1.64. The highest BCUT2D eigenvalue weighted by atomic mass is 19.1. The van der Waals surface area contributed by atoms with Crippen LogP contribution in [0.4, 0.5) is 8.78 Å². The molecule has 84 valence electrons. The van der Waals surface area contributed by atoms with Crippen molar-refractivity contribution < 1.29 is 8.78 Å². The topological polar surface area (TPSA) is 40.7 Å². The maximum absolute atomic E-state index is 13.2. The van der Waals surface area contributed by atoms with Gasteiger partial charge in [0.1, 0.15) is 11.6 Å².